The highest BCUT2D eigenvalue weighted by Crippen LogP contribution is 2.16. The molecule has 0 aliphatic heterocycles. The van der Waals surface area contributed by atoms with Crippen molar-refractivity contribution in [3.63, 3.8) is 0 Å². The van der Waals surface area contributed by atoms with Crippen LogP contribution < -0.4 is 5.32 Å². The van der Waals surface area contributed by atoms with E-state index >= 15 is 0 Å². The summed E-state index contributed by atoms with van der Waals surface area (Å²) in [5.41, 5.74) is -0.240. The Morgan fingerprint density at radius 1 is 1.19 bits per heavy atom. The van der Waals surface area contributed by atoms with Gasteiger partial charge in [-0.05, 0) is 39.0 Å². The largest absolute Gasteiger partial charge is 0.446 e. The maximum atomic E-state index is 11.6. The molecular weight excluding hydrogens is 202 g/mol. The number of carbonyl (C=O) groups excluding carboxylic acids is 1. The Kier molecular flexibility index (Phi) is 5.84. The number of nitrogens with one attached hydrogen (secondary N) is 1. The maximum absolute atomic E-state index is 11.6. The lowest BCUT2D eigenvalue weighted by Crippen LogP contribution is -2.43. The van der Waals surface area contributed by atoms with Crippen molar-refractivity contribution in [3.05, 3.63) is 0 Å². The highest BCUT2D eigenvalue weighted by atomic mass is 16.6. The van der Waals surface area contributed by atoms with Gasteiger partial charge in [-0.2, -0.15) is 0 Å². The molecule has 0 aromatic heterocycles. The highest BCUT2D eigenvalue weighted by molar-refractivity contribution is 5.68. The van der Waals surface area contributed by atoms with Crippen LogP contribution >= 0.6 is 0 Å². The number of ether oxygens (including phenoxy) is 1. The van der Waals surface area contributed by atoms with Gasteiger partial charge in [0.25, 0.3) is 0 Å². The van der Waals surface area contributed by atoms with E-state index in [0.717, 1.165) is 6.42 Å². The van der Waals surface area contributed by atoms with Crippen LogP contribution in [0.4, 0.5) is 4.79 Å². The van der Waals surface area contributed by atoms with Gasteiger partial charge in [-0.1, -0.05) is 27.7 Å². The molecule has 0 aromatic carbocycles. The van der Waals surface area contributed by atoms with Gasteiger partial charge in [-0.3, -0.25) is 0 Å². The molecular formula is C13H27NO2. The van der Waals surface area contributed by atoms with Gasteiger partial charge >= 0.3 is 6.09 Å². The third-order valence-corrected chi connectivity index (χ3v) is 2.18. The Balaban J connectivity index is 4.24. The average molecular weight is 229 g/mol. The van der Waals surface area contributed by atoms with Crippen LogP contribution in [0.5, 0.6) is 0 Å². The van der Waals surface area contributed by atoms with Gasteiger partial charge in [0.2, 0.25) is 0 Å². The van der Waals surface area contributed by atoms with E-state index in [1.165, 1.54) is 0 Å². The molecule has 1 atom stereocenters. The Hall–Kier alpha value is -0.730. The molecule has 0 rings (SSSR count). The van der Waals surface area contributed by atoms with Crippen LogP contribution in [0, 0.1) is 11.8 Å². The number of hydrogen-bond donors (Lipinski definition) is 1. The molecule has 96 valence electrons. The molecule has 16 heavy (non-hydrogen) atoms. The molecule has 0 heterocycles. The summed E-state index contributed by atoms with van der Waals surface area (Å²) in [6, 6.07) is 0. The summed E-state index contributed by atoms with van der Waals surface area (Å²) in [6.07, 6.45) is 0.601. The van der Waals surface area contributed by atoms with Gasteiger partial charge in [0.15, 0.2) is 0 Å². The van der Waals surface area contributed by atoms with Crippen LogP contribution in [0.25, 0.3) is 0 Å². The lowest BCUT2D eigenvalue weighted by Gasteiger charge is -2.26. The number of hydrogen-bond acceptors (Lipinski definition) is 2. The lowest BCUT2D eigenvalue weighted by atomic mass is 9.97. The normalized spacial score (nSPS) is 14.1. The first-order chi connectivity index (χ1) is 7.11. The first-order valence-corrected chi connectivity index (χ1v) is 6.10. The van der Waals surface area contributed by atoms with Crippen LogP contribution in [-0.2, 0) is 4.74 Å². The summed E-state index contributed by atoms with van der Waals surface area (Å²) in [6.45, 7) is 14.3. The predicted octanol–water partition coefficient (Wildman–Crippen LogP) is 3.58. The summed E-state index contributed by atoms with van der Waals surface area (Å²) < 4.78 is 5.45. The summed E-state index contributed by atoms with van der Waals surface area (Å²) in [5, 5.41) is 2.82. The van der Waals surface area contributed by atoms with Crippen LogP contribution in [0.15, 0.2) is 0 Å². The van der Waals surface area contributed by atoms with Crippen LogP contribution in [-0.4, -0.2) is 17.7 Å². The number of amides is 1. The highest BCUT2D eigenvalue weighted by Gasteiger charge is 2.22. The van der Waals surface area contributed by atoms with Gasteiger partial charge in [0, 0.05) is 5.54 Å². The monoisotopic (exact) mass is 229 g/mol. The third kappa shape index (κ3) is 7.55. The molecule has 0 saturated heterocycles. The van der Waals surface area contributed by atoms with Crippen molar-refractivity contribution >= 4 is 6.09 Å². The van der Waals surface area contributed by atoms with Crippen molar-refractivity contribution in [1.82, 2.24) is 5.32 Å². The molecule has 0 aliphatic carbocycles. The van der Waals surface area contributed by atoms with Gasteiger partial charge < -0.3 is 10.1 Å². The van der Waals surface area contributed by atoms with Crippen molar-refractivity contribution < 1.29 is 9.53 Å². The minimum Gasteiger partial charge on any atom is -0.446 e. The van der Waals surface area contributed by atoms with Crippen molar-refractivity contribution in [3.8, 4) is 0 Å². The molecule has 1 unspecified atom stereocenters. The second-order valence-electron chi connectivity index (χ2n) is 6.19. The first-order valence-electron chi connectivity index (χ1n) is 6.10. The Bertz CT molecular complexity index is 216. The second-order valence-corrected chi connectivity index (χ2v) is 6.19. The fourth-order valence-electron chi connectivity index (χ4n) is 1.39. The zero-order valence-electron chi connectivity index (χ0n) is 11.8. The SMILES string of the molecule is CC(C)CC(OC(=O)NC(C)(C)C)C(C)C. The van der Waals surface area contributed by atoms with Crippen LogP contribution in [0.1, 0.15) is 54.9 Å². The summed E-state index contributed by atoms with van der Waals surface area (Å²) in [7, 11) is 0. The Morgan fingerprint density at radius 2 is 1.69 bits per heavy atom. The van der Waals surface area contributed by atoms with Crippen LogP contribution in [0.3, 0.4) is 0 Å². The zero-order chi connectivity index (χ0) is 12.9. The average Bonchev–Trinajstić information content (AvgIpc) is 1.97. The van der Waals surface area contributed by atoms with Crippen molar-refractivity contribution in [1.29, 1.82) is 0 Å². The van der Waals surface area contributed by atoms with E-state index in [1.54, 1.807) is 0 Å². The summed E-state index contributed by atoms with van der Waals surface area (Å²) in [5.74, 6) is 0.892. The van der Waals surface area contributed by atoms with E-state index in [9.17, 15) is 4.79 Å². The van der Waals surface area contributed by atoms with E-state index in [1.807, 2.05) is 20.8 Å². The van der Waals surface area contributed by atoms with Gasteiger partial charge in [-0.25, -0.2) is 4.79 Å². The molecule has 0 aromatic rings. The van der Waals surface area contributed by atoms with Gasteiger partial charge in [-0.15, -0.1) is 0 Å². The Labute approximate surface area is 99.9 Å². The lowest BCUT2D eigenvalue weighted by molar-refractivity contribution is 0.0536. The van der Waals surface area contributed by atoms with E-state index in [4.69, 9.17) is 4.74 Å². The quantitative estimate of drug-likeness (QED) is 0.800. The molecule has 0 bridgehead atoms. The summed E-state index contributed by atoms with van der Waals surface area (Å²) in [4.78, 5) is 11.6. The maximum Gasteiger partial charge on any atom is 0.407 e. The van der Waals surface area contributed by atoms with E-state index in [0.29, 0.717) is 11.8 Å². The molecule has 0 saturated carbocycles. The zero-order valence-corrected chi connectivity index (χ0v) is 11.8. The van der Waals surface area contributed by atoms with Gasteiger partial charge in [0.1, 0.15) is 6.10 Å². The van der Waals surface area contributed by atoms with E-state index in [-0.39, 0.29) is 17.7 Å². The third-order valence-electron chi connectivity index (χ3n) is 2.18. The molecule has 0 aliphatic rings. The van der Waals surface area contributed by atoms with Crippen LogP contribution in [0.2, 0.25) is 0 Å². The second kappa shape index (κ2) is 6.12. The fraction of sp³-hybridized carbons (Fsp3) is 0.923. The van der Waals surface area contributed by atoms with E-state index in [2.05, 4.69) is 33.0 Å². The molecule has 0 spiro atoms. The van der Waals surface area contributed by atoms with Crippen molar-refractivity contribution in [2.45, 2.75) is 66.5 Å². The number of alkyl carbamates (subject to hydrolysis) is 1. The first kappa shape index (κ1) is 15.3. The smallest absolute Gasteiger partial charge is 0.407 e. The number of carbonyl (C=O) groups is 1. The predicted molar refractivity (Wildman–Crippen MR) is 67.5 cm³/mol. The summed E-state index contributed by atoms with van der Waals surface area (Å²) >= 11 is 0. The van der Waals surface area contributed by atoms with Crippen molar-refractivity contribution in [2.75, 3.05) is 0 Å². The molecule has 1 N–H and O–H groups in total. The molecule has 3 nitrogen and oxygen atoms in total. The molecule has 3 heteroatoms. The van der Waals surface area contributed by atoms with Crippen molar-refractivity contribution in [2.24, 2.45) is 11.8 Å². The van der Waals surface area contributed by atoms with Gasteiger partial charge in [0.05, 0.1) is 0 Å². The Morgan fingerprint density at radius 3 is 2.00 bits per heavy atom. The fourth-order valence-corrected chi connectivity index (χ4v) is 1.39. The molecule has 0 fully saturated rings. The number of rotatable bonds is 4. The molecule has 0 radical (unpaired) electrons. The molecule has 1 amide bonds. The minimum absolute atomic E-state index is 0.00218. The topological polar surface area (TPSA) is 38.3 Å². The minimum atomic E-state index is -0.313. The standard InChI is InChI=1S/C13H27NO2/c1-9(2)8-11(10(3)4)16-12(15)14-13(5,6)7/h9-11H,8H2,1-7H3,(H,14,15). The van der Waals surface area contributed by atoms with E-state index < -0.39 is 0 Å².